The molecule has 3 aliphatic rings. The molecule has 29 heavy (non-hydrogen) atoms. The number of ether oxygens (including phenoxy) is 1. The third kappa shape index (κ3) is 5.74. The Morgan fingerprint density at radius 1 is 1.24 bits per heavy atom. The van der Waals surface area contributed by atoms with Crippen LogP contribution in [0, 0.1) is 11.8 Å². The predicted molar refractivity (Wildman–Crippen MR) is 124 cm³/mol. The van der Waals surface area contributed by atoms with Crippen molar-refractivity contribution in [2.45, 2.75) is 64.0 Å². The van der Waals surface area contributed by atoms with Crippen molar-refractivity contribution in [2.24, 2.45) is 16.8 Å². The molecule has 166 valence electrons. The number of nitrogens with one attached hydrogen (secondary N) is 3. The van der Waals surface area contributed by atoms with Gasteiger partial charge in [-0.15, -0.1) is 24.0 Å². The number of likely N-dealkylation sites (tertiary alicyclic amines) is 1. The number of rotatable bonds is 5. The molecule has 0 spiro atoms. The smallest absolute Gasteiger partial charge is 0.322 e. The molecule has 3 N–H and O–H groups in total. The Morgan fingerprint density at radius 2 is 1.93 bits per heavy atom. The molecule has 2 saturated heterocycles. The van der Waals surface area contributed by atoms with Crippen molar-refractivity contribution in [2.75, 3.05) is 33.3 Å². The summed E-state index contributed by atoms with van der Waals surface area (Å²) in [7, 11) is 1.80. The molecule has 0 aromatic heterocycles. The molecule has 8 nitrogen and oxygen atoms in total. The Kier molecular flexibility index (Phi) is 8.99. The zero-order valence-electron chi connectivity index (χ0n) is 17.8. The normalized spacial score (nSPS) is 31.1. The van der Waals surface area contributed by atoms with E-state index < -0.39 is 5.54 Å². The topological polar surface area (TPSA) is 95.1 Å². The van der Waals surface area contributed by atoms with Crippen LogP contribution in [0.25, 0.3) is 0 Å². The van der Waals surface area contributed by atoms with Crippen LogP contribution in [-0.2, 0) is 9.53 Å². The number of imide groups is 1. The van der Waals surface area contributed by atoms with Crippen LogP contribution in [0.2, 0.25) is 0 Å². The van der Waals surface area contributed by atoms with Gasteiger partial charge in [-0.1, -0.05) is 19.8 Å². The number of halogens is 1. The van der Waals surface area contributed by atoms with Gasteiger partial charge in [0, 0.05) is 26.7 Å². The van der Waals surface area contributed by atoms with Crippen LogP contribution in [0.5, 0.6) is 0 Å². The third-order valence-electron chi connectivity index (χ3n) is 6.64. The fourth-order valence-corrected chi connectivity index (χ4v) is 4.75. The monoisotopic (exact) mass is 521 g/mol. The maximum atomic E-state index is 12.1. The zero-order chi connectivity index (χ0) is 20.1. The quantitative estimate of drug-likeness (QED) is 0.169. The molecule has 3 amide bonds. The van der Waals surface area contributed by atoms with E-state index >= 15 is 0 Å². The van der Waals surface area contributed by atoms with Gasteiger partial charge in [-0.05, 0) is 44.4 Å². The van der Waals surface area contributed by atoms with Crippen LogP contribution < -0.4 is 16.0 Å². The van der Waals surface area contributed by atoms with Gasteiger partial charge in [0.15, 0.2) is 5.96 Å². The van der Waals surface area contributed by atoms with E-state index in [1.807, 2.05) is 6.92 Å². The van der Waals surface area contributed by atoms with Gasteiger partial charge in [0.2, 0.25) is 0 Å². The van der Waals surface area contributed by atoms with Crippen molar-refractivity contribution in [1.82, 2.24) is 20.9 Å². The second kappa shape index (κ2) is 10.8. The van der Waals surface area contributed by atoms with E-state index in [0.717, 1.165) is 38.4 Å². The van der Waals surface area contributed by atoms with Gasteiger partial charge in [-0.3, -0.25) is 15.1 Å². The summed E-state index contributed by atoms with van der Waals surface area (Å²) in [6.07, 6.45) is 7.10. The fraction of sp³-hybridized carbons (Fsp3) is 0.850. The van der Waals surface area contributed by atoms with Gasteiger partial charge in [-0.25, -0.2) is 4.79 Å². The highest BCUT2D eigenvalue weighted by molar-refractivity contribution is 14.0. The minimum absolute atomic E-state index is 0. The largest absolute Gasteiger partial charge is 0.376 e. The van der Waals surface area contributed by atoms with Crippen LogP contribution in [-0.4, -0.2) is 67.7 Å². The zero-order valence-corrected chi connectivity index (χ0v) is 20.2. The van der Waals surface area contributed by atoms with Gasteiger partial charge in [0.25, 0.3) is 5.91 Å². The van der Waals surface area contributed by atoms with Gasteiger partial charge >= 0.3 is 6.03 Å². The van der Waals surface area contributed by atoms with E-state index in [1.54, 1.807) is 7.05 Å². The number of amides is 3. The number of nitrogens with zero attached hydrogens (tertiary/aromatic N) is 2. The lowest BCUT2D eigenvalue weighted by Crippen LogP contribution is -2.55. The Bertz CT molecular complexity index is 609. The Hall–Kier alpha value is -1.10. The van der Waals surface area contributed by atoms with E-state index in [0.29, 0.717) is 18.6 Å². The first-order valence-corrected chi connectivity index (χ1v) is 10.6. The van der Waals surface area contributed by atoms with E-state index in [2.05, 4.69) is 32.8 Å². The lowest BCUT2D eigenvalue weighted by atomic mass is 9.79. The first-order chi connectivity index (χ1) is 13.4. The molecule has 1 aliphatic carbocycles. The standard InChI is InChI=1S/C20H35N5O3.HI/c1-14-6-4-5-7-16(14)28-13-10-22-18(21-3)25-11-8-15(9-12-25)20(2)17(26)23-19(27)24-20;/h14-16H,4-13H2,1-3H3,(H,21,22)(H2,23,24,26,27);1H. The summed E-state index contributed by atoms with van der Waals surface area (Å²) >= 11 is 0. The minimum atomic E-state index is -0.801. The molecule has 9 heteroatoms. The summed E-state index contributed by atoms with van der Waals surface area (Å²) in [5.74, 6) is 1.45. The van der Waals surface area contributed by atoms with Crippen LogP contribution in [0.15, 0.2) is 4.99 Å². The van der Waals surface area contributed by atoms with Gasteiger partial charge in [0.05, 0.1) is 12.7 Å². The third-order valence-corrected chi connectivity index (χ3v) is 6.64. The summed E-state index contributed by atoms with van der Waals surface area (Å²) < 4.78 is 6.08. The summed E-state index contributed by atoms with van der Waals surface area (Å²) in [6.45, 7) is 7.16. The van der Waals surface area contributed by atoms with Crippen LogP contribution >= 0.6 is 24.0 Å². The predicted octanol–water partition coefficient (Wildman–Crippen LogP) is 2.09. The summed E-state index contributed by atoms with van der Waals surface area (Å²) in [5.41, 5.74) is -0.801. The van der Waals surface area contributed by atoms with Crippen molar-refractivity contribution < 1.29 is 14.3 Å². The van der Waals surface area contributed by atoms with Crippen molar-refractivity contribution in [3.63, 3.8) is 0 Å². The Labute approximate surface area is 191 Å². The number of aliphatic imine (C=N–C) groups is 1. The molecule has 2 heterocycles. The minimum Gasteiger partial charge on any atom is -0.376 e. The van der Waals surface area contributed by atoms with E-state index in [1.165, 1.54) is 25.7 Å². The second-order valence-electron chi connectivity index (χ2n) is 8.52. The van der Waals surface area contributed by atoms with Gasteiger partial charge < -0.3 is 20.3 Å². The average Bonchev–Trinajstić information content (AvgIpc) is 2.96. The molecule has 0 aromatic rings. The first kappa shape index (κ1) is 24.2. The van der Waals surface area contributed by atoms with Crippen molar-refractivity contribution in [1.29, 1.82) is 0 Å². The molecule has 0 radical (unpaired) electrons. The molecule has 1 saturated carbocycles. The number of hydrogen-bond donors (Lipinski definition) is 3. The molecular weight excluding hydrogens is 485 g/mol. The van der Waals surface area contributed by atoms with Gasteiger partial charge in [-0.2, -0.15) is 0 Å². The van der Waals surface area contributed by atoms with Crippen molar-refractivity contribution in [3.8, 4) is 0 Å². The van der Waals surface area contributed by atoms with Crippen LogP contribution in [0.1, 0.15) is 52.4 Å². The highest BCUT2D eigenvalue weighted by atomic mass is 127. The number of piperidine rings is 1. The summed E-state index contributed by atoms with van der Waals surface area (Å²) in [4.78, 5) is 30.3. The number of carbonyl (C=O) groups excluding carboxylic acids is 2. The lowest BCUT2D eigenvalue weighted by molar-refractivity contribution is -0.125. The average molecular weight is 521 g/mol. The molecule has 3 fully saturated rings. The van der Waals surface area contributed by atoms with Crippen LogP contribution in [0.3, 0.4) is 0 Å². The van der Waals surface area contributed by atoms with E-state index in [-0.39, 0.29) is 41.8 Å². The number of urea groups is 1. The SMILES string of the molecule is CN=C(NCCOC1CCCCC1C)N1CCC(C2(C)NC(=O)NC2=O)CC1.I. The molecule has 0 bridgehead atoms. The molecule has 3 rings (SSSR count). The van der Waals surface area contributed by atoms with Gasteiger partial charge in [0.1, 0.15) is 5.54 Å². The molecule has 3 atom stereocenters. The number of guanidine groups is 1. The highest BCUT2D eigenvalue weighted by Gasteiger charge is 2.48. The summed E-state index contributed by atoms with van der Waals surface area (Å²) in [6, 6.07) is -0.389. The Morgan fingerprint density at radius 3 is 2.52 bits per heavy atom. The first-order valence-electron chi connectivity index (χ1n) is 10.6. The van der Waals surface area contributed by atoms with E-state index in [9.17, 15) is 9.59 Å². The maximum absolute atomic E-state index is 12.1. The molecule has 3 unspecified atom stereocenters. The van der Waals surface area contributed by atoms with Crippen LogP contribution in [0.4, 0.5) is 4.79 Å². The second-order valence-corrected chi connectivity index (χ2v) is 8.52. The van der Waals surface area contributed by atoms with Crippen molar-refractivity contribution in [3.05, 3.63) is 0 Å². The maximum Gasteiger partial charge on any atom is 0.322 e. The molecule has 2 aliphatic heterocycles. The Balaban J connectivity index is 0.00000300. The van der Waals surface area contributed by atoms with Crippen molar-refractivity contribution >= 4 is 41.9 Å². The lowest BCUT2D eigenvalue weighted by Gasteiger charge is -2.39. The summed E-state index contributed by atoms with van der Waals surface area (Å²) in [5, 5.41) is 8.57. The van der Waals surface area contributed by atoms with E-state index in [4.69, 9.17) is 4.74 Å². The highest BCUT2D eigenvalue weighted by Crippen LogP contribution is 2.30. The molecular formula is C20H36IN5O3. The number of carbonyl (C=O) groups is 2. The fourth-order valence-electron chi connectivity index (χ4n) is 4.75. The number of hydrogen-bond acceptors (Lipinski definition) is 4. The molecule has 0 aromatic carbocycles.